The third-order valence-corrected chi connectivity index (χ3v) is 11.2. The zero-order chi connectivity index (χ0) is 27.7. The summed E-state index contributed by atoms with van der Waals surface area (Å²) < 4.78 is 9.95. The van der Waals surface area contributed by atoms with Gasteiger partial charge in [-0.15, -0.1) is 22.7 Å². The number of rotatable bonds is 4. The molecule has 0 aliphatic heterocycles. The SMILES string of the molecule is COc1ccc(-c2nc3c4cc(-c5sc(Br)cc5C)ccc4c4ccc(-c5sc(Br)cc5C)cc4c3n2C)cc1. The molecule has 0 aliphatic carbocycles. The highest BCUT2D eigenvalue weighted by atomic mass is 79.9. The summed E-state index contributed by atoms with van der Waals surface area (Å²) in [5, 5.41) is 4.83. The predicted octanol–water partition coefficient (Wildman–Crippen LogP) is 11.2. The molecule has 3 nitrogen and oxygen atoms in total. The van der Waals surface area contributed by atoms with E-state index in [9.17, 15) is 0 Å². The standard InChI is InChI=1S/C33H24Br2N2OS2/c1-17-13-27(34)39-31(17)20-7-11-23-24-12-8-21(32-18(2)14-28(35)40-32)16-26(24)30-29(25(23)15-20)36-33(37(30)3)19-5-9-22(38-4)10-6-19/h5-16H,1-4H3. The van der Waals surface area contributed by atoms with Crippen LogP contribution in [0.2, 0.25) is 0 Å². The average molecular weight is 689 g/mol. The van der Waals surface area contributed by atoms with Crippen molar-refractivity contribution in [2.24, 2.45) is 7.05 Å². The monoisotopic (exact) mass is 686 g/mol. The summed E-state index contributed by atoms with van der Waals surface area (Å²) in [5.41, 5.74) is 8.22. The number of nitrogens with zero attached hydrogens (tertiary/aromatic N) is 2. The van der Waals surface area contributed by atoms with Gasteiger partial charge in [0.25, 0.3) is 0 Å². The van der Waals surface area contributed by atoms with E-state index in [0.717, 1.165) is 35.7 Å². The molecule has 0 unspecified atom stereocenters. The third-order valence-electron chi connectivity index (χ3n) is 7.58. The van der Waals surface area contributed by atoms with E-state index in [-0.39, 0.29) is 0 Å². The lowest BCUT2D eigenvalue weighted by atomic mass is 9.95. The fraction of sp³-hybridized carbons (Fsp3) is 0.121. The second kappa shape index (κ2) is 9.84. The van der Waals surface area contributed by atoms with Crippen molar-refractivity contribution < 1.29 is 4.74 Å². The third kappa shape index (κ3) is 4.14. The Labute approximate surface area is 257 Å². The first-order valence-electron chi connectivity index (χ1n) is 12.9. The Bertz CT molecular complexity index is 2100. The molecule has 0 bridgehead atoms. The van der Waals surface area contributed by atoms with Crippen molar-refractivity contribution in [3.63, 3.8) is 0 Å². The number of benzene rings is 4. The van der Waals surface area contributed by atoms with Gasteiger partial charge in [0.1, 0.15) is 11.6 Å². The number of thiophene rings is 2. The molecule has 7 rings (SSSR count). The summed E-state index contributed by atoms with van der Waals surface area (Å²) in [7, 11) is 3.82. The van der Waals surface area contributed by atoms with Crippen molar-refractivity contribution in [3.05, 3.63) is 91.5 Å². The van der Waals surface area contributed by atoms with E-state index < -0.39 is 0 Å². The van der Waals surface area contributed by atoms with E-state index in [2.05, 4.69) is 118 Å². The average Bonchev–Trinajstić information content (AvgIpc) is 3.61. The maximum absolute atomic E-state index is 5.41. The molecule has 0 N–H and O–H groups in total. The van der Waals surface area contributed by atoms with Gasteiger partial charge in [-0.05, 0) is 127 Å². The highest BCUT2D eigenvalue weighted by Gasteiger charge is 2.20. The van der Waals surface area contributed by atoms with Gasteiger partial charge in [0.2, 0.25) is 0 Å². The molecule has 0 spiro atoms. The lowest BCUT2D eigenvalue weighted by molar-refractivity contribution is 0.415. The summed E-state index contributed by atoms with van der Waals surface area (Å²) >= 11 is 10.9. The molecule has 0 aliphatic rings. The van der Waals surface area contributed by atoms with Crippen molar-refractivity contribution in [3.8, 4) is 38.0 Å². The normalized spacial score (nSPS) is 11.8. The molecule has 7 aromatic rings. The molecule has 3 aromatic heterocycles. The van der Waals surface area contributed by atoms with Crippen molar-refractivity contribution >= 4 is 87.1 Å². The Kier molecular flexibility index (Phi) is 6.39. The summed E-state index contributed by atoms with van der Waals surface area (Å²) in [6.45, 7) is 4.35. The van der Waals surface area contributed by atoms with Gasteiger partial charge < -0.3 is 9.30 Å². The zero-order valence-electron chi connectivity index (χ0n) is 22.3. The Hall–Kier alpha value is -2.97. The molecule has 0 fully saturated rings. The maximum atomic E-state index is 5.41. The number of ether oxygens (including phenoxy) is 1. The van der Waals surface area contributed by atoms with E-state index >= 15 is 0 Å². The van der Waals surface area contributed by atoms with Gasteiger partial charge in [-0.25, -0.2) is 4.98 Å². The number of halogens is 2. The first-order chi connectivity index (χ1) is 19.3. The van der Waals surface area contributed by atoms with Crippen LogP contribution in [0.5, 0.6) is 5.75 Å². The fourth-order valence-corrected chi connectivity index (χ4v) is 9.13. The smallest absolute Gasteiger partial charge is 0.140 e. The van der Waals surface area contributed by atoms with Gasteiger partial charge in [-0.2, -0.15) is 0 Å². The van der Waals surface area contributed by atoms with Gasteiger partial charge in [-0.3, -0.25) is 0 Å². The highest BCUT2D eigenvalue weighted by molar-refractivity contribution is 9.11. The molecule has 0 saturated carbocycles. The van der Waals surface area contributed by atoms with Crippen LogP contribution in [0.3, 0.4) is 0 Å². The second-order valence-corrected chi connectivity index (χ2v) is 14.9. The van der Waals surface area contributed by atoms with Crippen LogP contribution in [0.25, 0.3) is 64.8 Å². The van der Waals surface area contributed by atoms with Gasteiger partial charge in [0.15, 0.2) is 0 Å². The van der Waals surface area contributed by atoms with Gasteiger partial charge in [0.05, 0.1) is 25.7 Å². The van der Waals surface area contributed by atoms with Crippen LogP contribution in [0.1, 0.15) is 11.1 Å². The van der Waals surface area contributed by atoms with Crippen LogP contribution in [0.4, 0.5) is 0 Å². The van der Waals surface area contributed by atoms with E-state index in [4.69, 9.17) is 9.72 Å². The van der Waals surface area contributed by atoms with Gasteiger partial charge in [0, 0.05) is 33.1 Å². The quantitative estimate of drug-likeness (QED) is 0.172. The minimum atomic E-state index is 0.836. The van der Waals surface area contributed by atoms with Gasteiger partial charge >= 0.3 is 0 Å². The molecule has 198 valence electrons. The summed E-state index contributed by atoms with van der Waals surface area (Å²) in [6, 6.07) is 26.3. The molecular formula is C33H24Br2N2OS2. The van der Waals surface area contributed by atoms with Crippen molar-refractivity contribution in [1.82, 2.24) is 9.55 Å². The number of fused-ring (bicyclic) bond motifs is 6. The van der Waals surface area contributed by atoms with Crippen LogP contribution >= 0.6 is 54.5 Å². The zero-order valence-corrected chi connectivity index (χ0v) is 27.1. The highest BCUT2D eigenvalue weighted by Crippen LogP contribution is 2.43. The number of aryl methyl sites for hydroxylation is 3. The Balaban J connectivity index is 1.57. The molecule has 0 saturated heterocycles. The van der Waals surface area contributed by atoms with Crippen molar-refractivity contribution in [2.75, 3.05) is 7.11 Å². The maximum Gasteiger partial charge on any atom is 0.140 e. The van der Waals surface area contributed by atoms with Crippen LogP contribution in [-0.4, -0.2) is 16.7 Å². The number of imidazole rings is 1. The number of hydrogen-bond donors (Lipinski definition) is 0. The first kappa shape index (κ1) is 26.0. The van der Waals surface area contributed by atoms with E-state index in [1.165, 1.54) is 53.6 Å². The fourth-order valence-electron chi connectivity index (χ4n) is 5.69. The molecule has 0 amide bonds. The summed E-state index contributed by atoms with van der Waals surface area (Å²) in [5.74, 6) is 1.77. The molecular weight excluding hydrogens is 664 g/mol. The van der Waals surface area contributed by atoms with Crippen LogP contribution in [0, 0.1) is 13.8 Å². The first-order valence-corrected chi connectivity index (χ1v) is 16.1. The number of aromatic nitrogens is 2. The second-order valence-electron chi connectivity index (χ2n) is 10.1. The minimum absolute atomic E-state index is 0.836. The topological polar surface area (TPSA) is 27.1 Å². The lowest BCUT2D eigenvalue weighted by Gasteiger charge is -2.12. The Morgan fingerprint density at radius 2 is 1.20 bits per heavy atom. The Morgan fingerprint density at radius 1 is 0.675 bits per heavy atom. The van der Waals surface area contributed by atoms with E-state index in [1.807, 2.05) is 12.1 Å². The molecule has 0 atom stereocenters. The minimum Gasteiger partial charge on any atom is -0.497 e. The molecule has 7 heteroatoms. The Morgan fingerprint density at radius 3 is 1.73 bits per heavy atom. The van der Waals surface area contributed by atoms with Gasteiger partial charge in [-0.1, -0.05) is 24.3 Å². The van der Waals surface area contributed by atoms with Crippen molar-refractivity contribution in [1.29, 1.82) is 0 Å². The largest absolute Gasteiger partial charge is 0.497 e. The molecule has 3 heterocycles. The molecule has 4 aromatic carbocycles. The van der Waals surface area contributed by atoms with E-state index in [0.29, 0.717) is 0 Å². The summed E-state index contributed by atoms with van der Waals surface area (Å²) in [6.07, 6.45) is 0. The molecule has 40 heavy (non-hydrogen) atoms. The number of hydrogen-bond acceptors (Lipinski definition) is 4. The summed E-state index contributed by atoms with van der Waals surface area (Å²) in [4.78, 5) is 7.88. The number of methoxy groups -OCH3 is 1. The molecule has 0 radical (unpaired) electrons. The van der Waals surface area contributed by atoms with Crippen LogP contribution < -0.4 is 4.74 Å². The predicted molar refractivity (Wildman–Crippen MR) is 179 cm³/mol. The van der Waals surface area contributed by atoms with Crippen molar-refractivity contribution in [2.45, 2.75) is 13.8 Å². The van der Waals surface area contributed by atoms with Crippen LogP contribution in [0.15, 0.2) is 80.4 Å². The van der Waals surface area contributed by atoms with Crippen LogP contribution in [-0.2, 0) is 7.05 Å². The van der Waals surface area contributed by atoms with E-state index in [1.54, 1.807) is 29.8 Å². The lowest BCUT2D eigenvalue weighted by Crippen LogP contribution is -1.94.